The summed E-state index contributed by atoms with van der Waals surface area (Å²) < 4.78 is 9.55. The SMILES string of the molecule is COCOC(=O)c1ccc(-c2ccccc2)cc1. The summed E-state index contributed by atoms with van der Waals surface area (Å²) >= 11 is 0. The van der Waals surface area contributed by atoms with Crippen LogP contribution in [0.15, 0.2) is 54.6 Å². The molecule has 0 atom stereocenters. The van der Waals surface area contributed by atoms with Gasteiger partial charge in [-0.15, -0.1) is 0 Å². The molecule has 0 saturated heterocycles. The Morgan fingerprint density at radius 3 is 2.17 bits per heavy atom. The van der Waals surface area contributed by atoms with Crippen molar-refractivity contribution in [3.63, 3.8) is 0 Å². The van der Waals surface area contributed by atoms with Gasteiger partial charge in [0.1, 0.15) is 0 Å². The molecule has 0 unspecified atom stereocenters. The normalized spacial score (nSPS) is 10.1. The third-order valence-electron chi connectivity index (χ3n) is 2.54. The Labute approximate surface area is 106 Å². The Morgan fingerprint density at radius 2 is 1.56 bits per heavy atom. The summed E-state index contributed by atoms with van der Waals surface area (Å²) in [4.78, 5) is 11.5. The number of ether oxygens (including phenoxy) is 2. The van der Waals surface area contributed by atoms with E-state index < -0.39 is 0 Å². The molecule has 3 nitrogen and oxygen atoms in total. The molecular formula is C15H14O3. The summed E-state index contributed by atoms with van der Waals surface area (Å²) in [6.45, 7) is -0.0285. The lowest BCUT2D eigenvalue weighted by molar-refractivity contribution is -0.0124. The van der Waals surface area contributed by atoms with E-state index >= 15 is 0 Å². The first-order valence-corrected chi connectivity index (χ1v) is 5.63. The predicted molar refractivity (Wildman–Crippen MR) is 69.2 cm³/mol. The van der Waals surface area contributed by atoms with Crippen LogP contribution in [0.4, 0.5) is 0 Å². The zero-order valence-electron chi connectivity index (χ0n) is 10.1. The van der Waals surface area contributed by atoms with Gasteiger partial charge in [-0.3, -0.25) is 0 Å². The fraction of sp³-hybridized carbons (Fsp3) is 0.133. The molecule has 0 aliphatic carbocycles. The fourth-order valence-electron chi connectivity index (χ4n) is 1.63. The molecule has 0 aromatic heterocycles. The summed E-state index contributed by atoms with van der Waals surface area (Å²) in [7, 11) is 1.48. The Kier molecular flexibility index (Phi) is 4.10. The van der Waals surface area contributed by atoms with Gasteiger partial charge < -0.3 is 9.47 Å². The van der Waals surface area contributed by atoms with E-state index in [9.17, 15) is 4.79 Å². The van der Waals surface area contributed by atoms with Crippen LogP contribution in [0.3, 0.4) is 0 Å². The molecule has 0 saturated carbocycles. The molecule has 2 rings (SSSR count). The molecule has 92 valence electrons. The molecule has 0 spiro atoms. The van der Waals surface area contributed by atoms with Crippen molar-refractivity contribution >= 4 is 5.97 Å². The average molecular weight is 242 g/mol. The highest BCUT2D eigenvalue weighted by Gasteiger charge is 2.06. The second-order valence-electron chi connectivity index (χ2n) is 3.78. The quantitative estimate of drug-likeness (QED) is 0.610. The molecule has 0 N–H and O–H groups in total. The number of hydrogen-bond acceptors (Lipinski definition) is 3. The lowest BCUT2D eigenvalue weighted by Gasteiger charge is -2.05. The largest absolute Gasteiger partial charge is 0.435 e. The van der Waals surface area contributed by atoms with Crippen molar-refractivity contribution in [3.05, 3.63) is 60.2 Å². The van der Waals surface area contributed by atoms with Crippen molar-refractivity contribution in [3.8, 4) is 11.1 Å². The van der Waals surface area contributed by atoms with E-state index in [1.807, 2.05) is 42.5 Å². The molecular weight excluding hydrogens is 228 g/mol. The standard InChI is InChI=1S/C15H14O3/c1-17-11-18-15(16)14-9-7-13(8-10-14)12-5-3-2-4-6-12/h2-10H,11H2,1H3. The molecule has 0 fully saturated rings. The summed E-state index contributed by atoms with van der Waals surface area (Å²) in [6, 6.07) is 17.3. The van der Waals surface area contributed by atoms with Gasteiger partial charge >= 0.3 is 5.97 Å². The zero-order valence-corrected chi connectivity index (χ0v) is 10.1. The Hall–Kier alpha value is -2.13. The van der Waals surface area contributed by atoms with Crippen LogP contribution in [0.5, 0.6) is 0 Å². The Morgan fingerprint density at radius 1 is 0.944 bits per heavy atom. The average Bonchev–Trinajstić information content (AvgIpc) is 2.46. The summed E-state index contributed by atoms with van der Waals surface area (Å²) in [6.07, 6.45) is 0. The van der Waals surface area contributed by atoms with E-state index in [4.69, 9.17) is 4.74 Å². The van der Waals surface area contributed by atoms with Crippen molar-refractivity contribution in [1.82, 2.24) is 0 Å². The van der Waals surface area contributed by atoms with Crippen LogP contribution in [0.25, 0.3) is 11.1 Å². The van der Waals surface area contributed by atoms with Crippen LogP contribution in [0.2, 0.25) is 0 Å². The molecule has 0 radical (unpaired) electrons. The second-order valence-corrected chi connectivity index (χ2v) is 3.78. The van der Waals surface area contributed by atoms with Crippen LogP contribution < -0.4 is 0 Å². The molecule has 0 bridgehead atoms. The van der Waals surface area contributed by atoms with Crippen LogP contribution in [0.1, 0.15) is 10.4 Å². The summed E-state index contributed by atoms with van der Waals surface area (Å²) in [5.41, 5.74) is 2.71. The first kappa shape index (κ1) is 12.3. The number of hydrogen-bond donors (Lipinski definition) is 0. The Balaban J connectivity index is 2.13. The predicted octanol–water partition coefficient (Wildman–Crippen LogP) is 3.11. The minimum absolute atomic E-state index is 0.0285. The van der Waals surface area contributed by atoms with Gasteiger partial charge in [-0.1, -0.05) is 42.5 Å². The van der Waals surface area contributed by atoms with Crippen molar-refractivity contribution in [2.45, 2.75) is 0 Å². The number of esters is 1. The van der Waals surface area contributed by atoms with Gasteiger partial charge in [0.25, 0.3) is 0 Å². The van der Waals surface area contributed by atoms with E-state index in [1.165, 1.54) is 7.11 Å². The number of carbonyl (C=O) groups is 1. The topological polar surface area (TPSA) is 35.5 Å². The van der Waals surface area contributed by atoms with Crippen molar-refractivity contribution in [2.24, 2.45) is 0 Å². The molecule has 18 heavy (non-hydrogen) atoms. The highest BCUT2D eigenvalue weighted by Crippen LogP contribution is 2.19. The minimum atomic E-state index is -0.378. The first-order valence-electron chi connectivity index (χ1n) is 5.63. The molecule has 0 amide bonds. The number of carbonyl (C=O) groups excluding carboxylic acids is 1. The van der Waals surface area contributed by atoms with Gasteiger partial charge in [-0.25, -0.2) is 4.79 Å². The first-order chi connectivity index (χ1) is 8.81. The smallest absolute Gasteiger partial charge is 0.340 e. The van der Waals surface area contributed by atoms with Crippen LogP contribution in [-0.4, -0.2) is 19.9 Å². The maximum atomic E-state index is 11.5. The maximum absolute atomic E-state index is 11.5. The number of benzene rings is 2. The maximum Gasteiger partial charge on any atom is 0.340 e. The van der Waals surface area contributed by atoms with Gasteiger partial charge in [0, 0.05) is 7.11 Å². The van der Waals surface area contributed by atoms with Gasteiger partial charge in [-0.2, -0.15) is 0 Å². The van der Waals surface area contributed by atoms with Crippen molar-refractivity contribution < 1.29 is 14.3 Å². The van der Waals surface area contributed by atoms with Crippen LogP contribution in [0, 0.1) is 0 Å². The summed E-state index contributed by atoms with van der Waals surface area (Å²) in [5.74, 6) is -0.378. The highest BCUT2D eigenvalue weighted by molar-refractivity contribution is 5.90. The van der Waals surface area contributed by atoms with Crippen LogP contribution in [-0.2, 0) is 9.47 Å². The molecule has 3 heteroatoms. The monoisotopic (exact) mass is 242 g/mol. The van der Waals surface area contributed by atoms with Gasteiger partial charge in [0.2, 0.25) is 0 Å². The van der Waals surface area contributed by atoms with E-state index in [1.54, 1.807) is 12.1 Å². The second kappa shape index (κ2) is 5.98. The molecule has 0 heterocycles. The molecule has 2 aromatic rings. The molecule has 0 aliphatic rings. The van der Waals surface area contributed by atoms with Crippen molar-refractivity contribution in [2.75, 3.05) is 13.9 Å². The van der Waals surface area contributed by atoms with Crippen LogP contribution >= 0.6 is 0 Å². The van der Waals surface area contributed by atoms with E-state index in [2.05, 4.69) is 4.74 Å². The molecule has 2 aromatic carbocycles. The zero-order chi connectivity index (χ0) is 12.8. The number of methoxy groups -OCH3 is 1. The third kappa shape index (κ3) is 2.96. The van der Waals surface area contributed by atoms with Gasteiger partial charge in [-0.05, 0) is 23.3 Å². The highest BCUT2D eigenvalue weighted by atomic mass is 16.7. The van der Waals surface area contributed by atoms with Gasteiger partial charge in [0.15, 0.2) is 6.79 Å². The summed E-state index contributed by atoms with van der Waals surface area (Å²) in [5, 5.41) is 0. The van der Waals surface area contributed by atoms with E-state index in [0.29, 0.717) is 5.56 Å². The lowest BCUT2D eigenvalue weighted by Crippen LogP contribution is -2.07. The number of rotatable bonds is 4. The minimum Gasteiger partial charge on any atom is -0.435 e. The van der Waals surface area contributed by atoms with Gasteiger partial charge in [0.05, 0.1) is 5.56 Å². The van der Waals surface area contributed by atoms with E-state index in [-0.39, 0.29) is 12.8 Å². The molecule has 0 aliphatic heterocycles. The fourth-order valence-corrected chi connectivity index (χ4v) is 1.63. The van der Waals surface area contributed by atoms with E-state index in [0.717, 1.165) is 11.1 Å². The van der Waals surface area contributed by atoms with Crippen molar-refractivity contribution in [1.29, 1.82) is 0 Å². The Bertz CT molecular complexity index is 503. The lowest BCUT2D eigenvalue weighted by atomic mass is 10.0. The third-order valence-corrected chi connectivity index (χ3v) is 2.54.